The predicted octanol–water partition coefficient (Wildman–Crippen LogP) is 2.78. The summed E-state index contributed by atoms with van der Waals surface area (Å²) in [6, 6.07) is 4.94. The first kappa shape index (κ1) is 15.9. The quantitative estimate of drug-likeness (QED) is 0.928. The van der Waals surface area contributed by atoms with Crippen LogP contribution in [0.15, 0.2) is 16.9 Å². The molecule has 1 aromatic carbocycles. The van der Waals surface area contributed by atoms with Gasteiger partial charge in [0.05, 0.1) is 22.4 Å². The maximum absolute atomic E-state index is 12.3. The summed E-state index contributed by atoms with van der Waals surface area (Å²) in [5, 5.41) is 3.77. The van der Waals surface area contributed by atoms with Gasteiger partial charge in [-0.05, 0) is 43.6 Å². The third kappa shape index (κ3) is 2.70. The van der Waals surface area contributed by atoms with Crippen LogP contribution in [0.3, 0.4) is 0 Å². The normalized spacial score (nSPS) is 21.6. The Kier molecular flexibility index (Phi) is 4.24. The zero-order chi connectivity index (χ0) is 16.7. The predicted molar refractivity (Wildman–Crippen MR) is 104 cm³/mol. The molecule has 0 saturated carbocycles. The fourth-order valence-corrected chi connectivity index (χ4v) is 5.07. The third-order valence-corrected chi connectivity index (χ3v) is 6.54. The van der Waals surface area contributed by atoms with E-state index >= 15 is 0 Å². The van der Waals surface area contributed by atoms with Gasteiger partial charge in [0.25, 0.3) is 0 Å². The van der Waals surface area contributed by atoms with Crippen LogP contribution in [0.25, 0.3) is 11.0 Å². The van der Waals surface area contributed by atoms with Crippen LogP contribution in [0.1, 0.15) is 25.7 Å². The van der Waals surface area contributed by atoms with Crippen LogP contribution < -0.4 is 15.9 Å². The summed E-state index contributed by atoms with van der Waals surface area (Å²) in [5.74, 6) is 2.41. The molecule has 2 saturated heterocycles. The summed E-state index contributed by atoms with van der Waals surface area (Å²) in [5.41, 5.74) is 4.53. The molecule has 5 nitrogen and oxygen atoms in total. The maximum Gasteiger partial charge on any atom is 0.328 e. The van der Waals surface area contributed by atoms with Gasteiger partial charge < -0.3 is 10.2 Å². The van der Waals surface area contributed by atoms with E-state index in [0.717, 1.165) is 24.1 Å². The highest BCUT2D eigenvalue weighted by Gasteiger charge is 2.22. The fourth-order valence-electron chi connectivity index (χ4n) is 3.91. The van der Waals surface area contributed by atoms with Crippen molar-refractivity contribution in [3.63, 3.8) is 0 Å². The number of rotatable bonds is 3. The van der Waals surface area contributed by atoms with Crippen molar-refractivity contribution in [2.75, 3.05) is 34.8 Å². The Morgan fingerprint density at radius 1 is 1.08 bits per heavy atom. The van der Waals surface area contributed by atoms with Crippen LogP contribution in [-0.4, -0.2) is 39.8 Å². The van der Waals surface area contributed by atoms with Crippen LogP contribution in [0.2, 0.25) is 0 Å². The van der Waals surface area contributed by atoms with Crippen molar-refractivity contribution >= 4 is 34.2 Å². The Labute approximate surface area is 147 Å². The molecule has 0 radical (unpaired) electrons. The van der Waals surface area contributed by atoms with Crippen molar-refractivity contribution in [3.8, 4) is 0 Å². The van der Waals surface area contributed by atoms with Gasteiger partial charge in [-0.15, -0.1) is 0 Å². The number of aromatic nitrogens is 2. The largest absolute Gasteiger partial charge is 0.380 e. The first-order valence-electron chi connectivity index (χ1n) is 8.94. The second-order valence-electron chi connectivity index (χ2n) is 7.01. The smallest absolute Gasteiger partial charge is 0.328 e. The van der Waals surface area contributed by atoms with E-state index in [0.29, 0.717) is 6.04 Å². The zero-order valence-corrected chi connectivity index (χ0v) is 15.4. The number of benzene rings is 1. The van der Waals surface area contributed by atoms with Crippen LogP contribution in [0.5, 0.6) is 0 Å². The standard InChI is InChI=1S/C18H26N4OS/c1-20-16-10-14(19-13-6-9-24-12-13)15(22-7-4-3-5-8-22)11-17(16)21(2)18(20)23/h10-11,13,19H,3-9,12H2,1-2H3/t13-/m1/s1. The first-order valence-corrected chi connectivity index (χ1v) is 10.1. The molecular weight excluding hydrogens is 320 g/mol. The molecule has 0 aliphatic carbocycles. The van der Waals surface area contributed by atoms with E-state index in [2.05, 4.69) is 22.3 Å². The van der Waals surface area contributed by atoms with Gasteiger partial charge in [-0.1, -0.05) is 0 Å². The zero-order valence-electron chi connectivity index (χ0n) is 14.5. The van der Waals surface area contributed by atoms with Crippen LogP contribution >= 0.6 is 11.8 Å². The number of hydrogen-bond acceptors (Lipinski definition) is 4. The molecule has 0 spiro atoms. The number of nitrogens with zero attached hydrogens (tertiary/aromatic N) is 3. The van der Waals surface area contributed by atoms with E-state index in [1.807, 2.05) is 25.9 Å². The van der Waals surface area contributed by atoms with Gasteiger partial charge in [0.2, 0.25) is 0 Å². The van der Waals surface area contributed by atoms with Crippen molar-refractivity contribution in [1.82, 2.24) is 9.13 Å². The molecule has 1 aromatic heterocycles. The molecule has 24 heavy (non-hydrogen) atoms. The number of aryl methyl sites for hydroxylation is 2. The monoisotopic (exact) mass is 346 g/mol. The lowest BCUT2D eigenvalue weighted by atomic mass is 10.1. The average Bonchev–Trinajstić information content (AvgIpc) is 3.19. The molecule has 2 aliphatic heterocycles. The lowest BCUT2D eigenvalue weighted by Gasteiger charge is -2.31. The van der Waals surface area contributed by atoms with Crippen molar-refractivity contribution in [1.29, 1.82) is 0 Å². The third-order valence-electron chi connectivity index (χ3n) is 5.38. The van der Waals surface area contributed by atoms with Crippen LogP contribution in [0.4, 0.5) is 11.4 Å². The minimum Gasteiger partial charge on any atom is -0.380 e. The number of thioether (sulfide) groups is 1. The molecule has 1 atom stereocenters. The van der Waals surface area contributed by atoms with Crippen molar-refractivity contribution in [2.45, 2.75) is 31.7 Å². The second-order valence-corrected chi connectivity index (χ2v) is 8.16. The first-order chi connectivity index (χ1) is 11.6. The van der Waals surface area contributed by atoms with Gasteiger partial charge in [-0.25, -0.2) is 4.79 Å². The summed E-state index contributed by atoms with van der Waals surface area (Å²) >= 11 is 2.02. The van der Waals surface area contributed by atoms with E-state index in [1.54, 1.807) is 9.13 Å². The number of imidazole rings is 1. The van der Waals surface area contributed by atoms with Gasteiger partial charge >= 0.3 is 5.69 Å². The molecule has 1 N–H and O–H groups in total. The average molecular weight is 347 g/mol. The van der Waals surface area contributed by atoms with Gasteiger partial charge in [0.1, 0.15) is 0 Å². The Morgan fingerprint density at radius 3 is 2.46 bits per heavy atom. The Hall–Kier alpha value is -1.56. The molecule has 6 heteroatoms. The van der Waals surface area contributed by atoms with E-state index in [1.165, 1.54) is 48.6 Å². The highest BCUT2D eigenvalue weighted by Crippen LogP contribution is 2.34. The molecule has 0 unspecified atom stereocenters. The Balaban J connectivity index is 1.82. The number of hydrogen-bond donors (Lipinski definition) is 1. The van der Waals surface area contributed by atoms with Crippen molar-refractivity contribution in [3.05, 3.63) is 22.6 Å². The van der Waals surface area contributed by atoms with E-state index in [4.69, 9.17) is 0 Å². The van der Waals surface area contributed by atoms with Crippen molar-refractivity contribution in [2.24, 2.45) is 14.1 Å². The minimum atomic E-state index is 0.0446. The van der Waals surface area contributed by atoms with Gasteiger partial charge in [0.15, 0.2) is 0 Å². The summed E-state index contributed by atoms with van der Waals surface area (Å²) in [4.78, 5) is 14.8. The molecule has 0 bridgehead atoms. The lowest BCUT2D eigenvalue weighted by Crippen LogP contribution is -2.31. The highest BCUT2D eigenvalue weighted by atomic mass is 32.2. The number of fused-ring (bicyclic) bond motifs is 1. The summed E-state index contributed by atoms with van der Waals surface area (Å²) in [6.45, 7) is 2.22. The van der Waals surface area contributed by atoms with E-state index in [-0.39, 0.29) is 5.69 Å². The van der Waals surface area contributed by atoms with Crippen LogP contribution in [-0.2, 0) is 14.1 Å². The number of piperidine rings is 1. The van der Waals surface area contributed by atoms with E-state index in [9.17, 15) is 4.79 Å². The molecule has 2 aliphatic rings. The van der Waals surface area contributed by atoms with Crippen molar-refractivity contribution < 1.29 is 0 Å². The summed E-state index contributed by atoms with van der Waals surface area (Å²) in [7, 11) is 3.73. The van der Waals surface area contributed by atoms with Gasteiger partial charge in [-0.2, -0.15) is 11.8 Å². The summed E-state index contributed by atoms with van der Waals surface area (Å²) < 4.78 is 3.52. The van der Waals surface area contributed by atoms with E-state index < -0.39 is 0 Å². The van der Waals surface area contributed by atoms with Gasteiger partial charge in [0, 0.05) is 39.0 Å². The SMILES string of the molecule is Cn1c(=O)n(C)c2cc(N3CCCCC3)c(N[C@@H]3CCSC3)cc21. The molecule has 2 aromatic rings. The molecular formula is C18H26N4OS. The maximum atomic E-state index is 12.3. The Morgan fingerprint density at radius 2 is 1.79 bits per heavy atom. The Bertz CT molecular complexity index is 797. The topological polar surface area (TPSA) is 42.2 Å². The molecule has 0 amide bonds. The molecule has 2 fully saturated rings. The summed E-state index contributed by atoms with van der Waals surface area (Å²) in [6.07, 6.45) is 5.05. The molecule has 4 rings (SSSR count). The fraction of sp³-hybridized carbons (Fsp3) is 0.611. The lowest BCUT2D eigenvalue weighted by molar-refractivity contribution is 0.578. The number of anilines is 2. The van der Waals surface area contributed by atoms with Gasteiger partial charge in [-0.3, -0.25) is 9.13 Å². The minimum absolute atomic E-state index is 0.0446. The second kappa shape index (κ2) is 6.39. The molecule has 3 heterocycles. The highest BCUT2D eigenvalue weighted by molar-refractivity contribution is 7.99. The number of nitrogens with one attached hydrogen (secondary N) is 1. The van der Waals surface area contributed by atoms with Crippen LogP contribution in [0, 0.1) is 0 Å². The molecule has 130 valence electrons.